The van der Waals surface area contributed by atoms with Crippen LogP contribution in [0.2, 0.25) is 0 Å². The summed E-state index contributed by atoms with van der Waals surface area (Å²) in [5.41, 5.74) is 3.44. The van der Waals surface area contributed by atoms with Gasteiger partial charge in [-0.2, -0.15) is 0 Å². The molecule has 0 aliphatic rings. The van der Waals surface area contributed by atoms with Crippen LogP contribution in [0.5, 0.6) is 0 Å². The maximum Gasteiger partial charge on any atom is 0.222 e. The monoisotopic (exact) mass is 256 g/mol. The van der Waals surface area contributed by atoms with Crippen LogP contribution in [0.1, 0.15) is 12.0 Å². The van der Waals surface area contributed by atoms with Crippen molar-refractivity contribution in [1.82, 2.24) is 15.3 Å². The average Bonchev–Trinajstić information content (AvgIpc) is 2.45. The molecule has 2 aromatic rings. The number of nitrogens with zero attached hydrogens (tertiary/aromatic N) is 2. The highest BCUT2D eigenvalue weighted by atomic mass is 15.1. The Morgan fingerprint density at radius 1 is 0.947 bits per heavy atom. The number of benzene rings is 1. The number of aryl methyl sites for hydroxylation is 1. The van der Waals surface area contributed by atoms with Crippen LogP contribution in [-0.2, 0) is 0 Å². The summed E-state index contributed by atoms with van der Waals surface area (Å²) in [5.74, 6) is 0.687. The Morgan fingerprint density at radius 3 is 2.26 bits per heavy atom. The predicted octanol–water partition coefficient (Wildman–Crippen LogP) is 2.47. The Balaban J connectivity index is 1.96. The van der Waals surface area contributed by atoms with E-state index in [1.165, 1.54) is 5.56 Å². The third-order valence-electron chi connectivity index (χ3n) is 2.92. The minimum atomic E-state index is 0.687. The Hall–Kier alpha value is -1.94. The first-order chi connectivity index (χ1) is 9.29. The second-order valence-corrected chi connectivity index (χ2v) is 4.55. The minimum absolute atomic E-state index is 0.687. The Labute approximate surface area is 114 Å². The van der Waals surface area contributed by atoms with Gasteiger partial charge in [-0.1, -0.05) is 29.8 Å². The average molecular weight is 256 g/mol. The maximum atomic E-state index is 4.33. The molecule has 2 rings (SSSR count). The second-order valence-electron chi connectivity index (χ2n) is 4.55. The molecule has 0 aliphatic carbocycles. The van der Waals surface area contributed by atoms with Crippen LogP contribution in [0.15, 0.2) is 36.7 Å². The van der Waals surface area contributed by atoms with E-state index in [9.17, 15) is 0 Å². The Kier molecular flexibility index (Phi) is 4.86. The molecule has 0 saturated heterocycles. The third-order valence-corrected chi connectivity index (χ3v) is 2.92. The maximum absolute atomic E-state index is 4.33. The van der Waals surface area contributed by atoms with E-state index in [1.54, 1.807) is 0 Å². The van der Waals surface area contributed by atoms with Crippen molar-refractivity contribution in [2.75, 3.05) is 25.5 Å². The summed E-state index contributed by atoms with van der Waals surface area (Å²) in [5, 5.41) is 6.31. The van der Waals surface area contributed by atoms with Crippen LogP contribution in [0.4, 0.5) is 5.95 Å². The Bertz CT molecular complexity index is 491. The van der Waals surface area contributed by atoms with Gasteiger partial charge in [0.2, 0.25) is 5.95 Å². The molecule has 0 atom stereocenters. The first kappa shape index (κ1) is 13.5. The number of anilines is 1. The highest BCUT2D eigenvalue weighted by molar-refractivity contribution is 5.62. The molecule has 1 heterocycles. The molecule has 0 unspecified atom stereocenters. The molecule has 100 valence electrons. The van der Waals surface area contributed by atoms with Crippen molar-refractivity contribution < 1.29 is 0 Å². The Morgan fingerprint density at radius 2 is 1.63 bits per heavy atom. The molecule has 4 heteroatoms. The molecular formula is C15H20N4. The molecule has 4 nitrogen and oxygen atoms in total. The zero-order chi connectivity index (χ0) is 13.5. The van der Waals surface area contributed by atoms with Gasteiger partial charge in [-0.25, -0.2) is 9.97 Å². The summed E-state index contributed by atoms with van der Waals surface area (Å²) in [6, 6.07) is 8.38. The van der Waals surface area contributed by atoms with Gasteiger partial charge in [0.15, 0.2) is 0 Å². The second kappa shape index (κ2) is 6.85. The van der Waals surface area contributed by atoms with Crippen molar-refractivity contribution in [3.8, 4) is 11.1 Å². The lowest BCUT2D eigenvalue weighted by Gasteiger charge is -2.05. The summed E-state index contributed by atoms with van der Waals surface area (Å²) in [7, 11) is 1.95. The molecule has 1 aromatic carbocycles. The van der Waals surface area contributed by atoms with Gasteiger partial charge < -0.3 is 10.6 Å². The normalized spacial score (nSPS) is 10.4. The fourth-order valence-electron chi connectivity index (χ4n) is 1.78. The van der Waals surface area contributed by atoms with Gasteiger partial charge >= 0.3 is 0 Å². The molecule has 0 radical (unpaired) electrons. The molecule has 0 saturated carbocycles. The fraction of sp³-hybridized carbons (Fsp3) is 0.333. The highest BCUT2D eigenvalue weighted by Gasteiger charge is 2.00. The summed E-state index contributed by atoms with van der Waals surface area (Å²) < 4.78 is 0. The lowest BCUT2D eigenvalue weighted by Crippen LogP contribution is -2.13. The van der Waals surface area contributed by atoms with Gasteiger partial charge in [0.1, 0.15) is 0 Å². The lowest BCUT2D eigenvalue weighted by atomic mass is 10.1. The van der Waals surface area contributed by atoms with Crippen molar-refractivity contribution in [1.29, 1.82) is 0 Å². The van der Waals surface area contributed by atoms with Crippen LogP contribution in [0.25, 0.3) is 11.1 Å². The molecule has 1 aromatic heterocycles. The highest BCUT2D eigenvalue weighted by Crippen LogP contribution is 2.18. The van der Waals surface area contributed by atoms with Gasteiger partial charge in [0, 0.05) is 24.5 Å². The first-order valence-electron chi connectivity index (χ1n) is 6.57. The van der Waals surface area contributed by atoms with E-state index < -0.39 is 0 Å². The summed E-state index contributed by atoms with van der Waals surface area (Å²) in [6.45, 7) is 3.96. The van der Waals surface area contributed by atoms with Crippen LogP contribution in [-0.4, -0.2) is 30.1 Å². The summed E-state index contributed by atoms with van der Waals surface area (Å²) in [6.07, 6.45) is 4.77. The lowest BCUT2D eigenvalue weighted by molar-refractivity contribution is 0.745. The van der Waals surface area contributed by atoms with E-state index in [1.807, 2.05) is 19.4 Å². The number of aromatic nitrogens is 2. The standard InChI is InChI=1S/C15H20N4/c1-12-4-6-13(7-5-12)14-10-18-15(19-11-14)17-9-3-8-16-2/h4-7,10-11,16H,3,8-9H2,1-2H3,(H,17,18,19). The van der Waals surface area contributed by atoms with Crippen molar-refractivity contribution >= 4 is 5.95 Å². The van der Waals surface area contributed by atoms with Crippen LogP contribution in [0, 0.1) is 6.92 Å². The van der Waals surface area contributed by atoms with E-state index in [4.69, 9.17) is 0 Å². The van der Waals surface area contributed by atoms with E-state index in [-0.39, 0.29) is 0 Å². The zero-order valence-electron chi connectivity index (χ0n) is 11.5. The predicted molar refractivity (Wildman–Crippen MR) is 79.2 cm³/mol. The molecule has 0 fully saturated rings. The smallest absolute Gasteiger partial charge is 0.222 e. The van der Waals surface area contributed by atoms with E-state index in [0.29, 0.717) is 5.95 Å². The number of rotatable bonds is 6. The zero-order valence-corrected chi connectivity index (χ0v) is 11.5. The van der Waals surface area contributed by atoms with Gasteiger partial charge in [-0.15, -0.1) is 0 Å². The van der Waals surface area contributed by atoms with Crippen LogP contribution >= 0.6 is 0 Å². The fourth-order valence-corrected chi connectivity index (χ4v) is 1.78. The molecule has 0 bridgehead atoms. The SMILES string of the molecule is CNCCCNc1ncc(-c2ccc(C)cc2)cn1. The number of hydrogen-bond donors (Lipinski definition) is 2. The first-order valence-corrected chi connectivity index (χ1v) is 6.57. The minimum Gasteiger partial charge on any atom is -0.354 e. The van der Waals surface area contributed by atoms with E-state index in [0.717, 1.165) is 30.6 Å². The summed E-state index contributed by atoms with van der Waals surface area (Å²) in [4.78, 5) is 8.67. The van der Waals surface area contributed by atoms with Gasteiger partial charge in [0.25, 0.3) is 0 Å². The van der Waals surface area contributed by atoms with Crippen molar-refractivity contribution in [3.63, 3.8) is 0 Å². The van der Waals surface area contributed by atoms with Gasteiger partial charge in [0.05, 0.1) is 0 Å². The number of hydrogen-bond acceptors (Lipinski definition) is 4. The quantitative estimate of drug-likeness (QED) is 0.780. The molecule has 0 aliphatic heterocycles. The molecule has 0 spiro atoms. The van der Waals surface area contributed by atoms with Crippen molar-refractivity contribution in [2.24, 2.45) is 0 Å². The molecule has 2 N–H and O–H groups in total. The largest absolute Gasteiger partial charge is 0.354 e. The molecule has 19 heavy (non-hydrogen) atoms. The summed E-state index contributed by atoms with van der Waals surface area (Å²) >= 11 is 0. The van der Waals surface area contributed by atoms with Crippen molar-refractivity contribution in [2.45, 2.75) is 13.3 Å². The third kappa shape index (κ3) is 4.03. The van der Waals surface area contributed by atoms with Crippen molar-refractivity contribution in [3.05, 3.63) is 42.2 Å². The van der Waals surface area contributed by atoms with Gasteiger partial charge in [-0.05, 0) is 32.5 Å². The molecular weight excluding hydrogens is 236 g/mol. The van der Waals surface area contributed by atoms with E-state index in [2.05, 4.69) is 51.8 Å². The van der Waals surface area contributed by atoms with E-state index >= 15 is 0 Å². The van der Waals surface area contributed by atoms with Crippen LogP contribution < -0.4 is 10.6 Å². The number of nitrogens with one attached hydrogen (secondary N) is 2. The topological polar surface area (TPSA) is 49.8 Å². The molecule has 0 amide bonds. The van der Waals surface area contributed by atoms with Crippen LogP contribution in [0.3, 0.4) is 0 Å². The van der Waals surface area contributed by atoms with Gasteiger partial charge in [-0.3, -0.25) is 0 Å².